The van der Waals surface area contributed by atoms with E-state index in [1.807, 2.05) is 13.8 Å². The van der Waals surface area contributed by atoms with E-state index in [1.54, 1.807) is 0 Å². The van der Waals surface area contributed by atoms with Crippen molar-refractivity contribution in [2.45, 2.75) is 39.5 Å². The van der Waals surface area contributed by atoms with E-state index in [0.29, 0.717) is 18.5 Å². The van der Waals surface area contributed by atoms with Gasteiger partial charge in [0.2, 0.25) is 10.0 Å². The molecular weight excluding hydrogens is 284 g/mol. The Morgan fingerprint density at radius 3 is 2.40 bits per heavy atom. The second-order valence-electron chi connectivity index (χ2n) is 4.15. The van der Waals surface area contributed by atoms with E-state index in [2.05, 4.69) is 19.9 Å². The molecule has 1 aromatic heterocycles. The first-order chi connectivity index (χ1) is 9.38. The van der Waals surface area contributed by atoms with E-state index in [9.17, 15) is 13.2 Å². The molecule has 0 fully saturated rings. The molecule has 0 unspecified atom stereocenters. The zero-order chi connectivity index (χ0) is 15.2. The Bertz CT molecular complexity index is 574. The van der Waals surface area contributed by atoms with Gasteiger partial charge in [-0.2, -0.15) is 0 Å². The summed E-state index contributed by atoms with van der Waals surface area (Å²) in [4.78, 5) is 14.5. The van der Waals surface area contributed by atoms with E-state index in [-0.39, 0.29) is 24.5 Å². The van der Waals surface area contributed by atoms with Gasteiger partial charge in [0.15, 0.2) is 0 Å². The van der Waals surface area contributed by atoms with Gasteiger partial charge in [0, 0.05) is 6.42 Å². The summed E-state index contributed by atoms with van der Waals surface area (Å²) in [5, 5.41) is 16.1. The number of carbonyl (C=O) groups is 1. The molecule has 1 aromatic rings. The molecule has 1 heterocycles. The fraction of sp³-hybridized carbons (Fsp3) is 0.636. The van der Waals surface area contributed by atoms with Crippen molar-refractivity contribution in [2.75, 3.05) is 10.5 Å². The number of anilines is 1. The molecule has 0 bridgehead atoms. The van der Waals surface area contributed by atoms with Gasteiger partial charge in [-0.15, -0.1) is 10.2 Å². The van der Waals surface area contributed by atoms with Crippen LogP contribution in [0.1, 0.15) is 38.1 Å². The molecular formula is C11H18N4O4S. The Balaban J connectivity index is 2.74. The minimum Gasteiger partial charge on any atom is -0.481 e. The molecule has 1 rings (SSSR count). The van der Waals surface area contributed by atoms with Gasteiger partial charge in [-0.3, -0.25) is 4.79 Å². The molecule has 8 nitrogen and oxygen atoms in total. The van der Waals surface area contributed by atoms with Crippen LogP contribution in [0.15, 0.2) is 0 Å². The Morgan fingerprint density at radius 1 is 1.20 bits per heavy atom. The van der Waals surface area contributed by atoms with E-state index in [1.165, 1.54) is 0 Å². The predicted octanol–water partition coefficient (Wildman–Crippen LogP) is 0.603. The molecule has 0 saturated heterocycles. The van der Waals surface area contributed by atoms with Crippen LogP contribution < -0.4 is 4.72 Å². The summed E-state index contributed by atoms with van der Waals surface area (Å²) >= 11 is 0. The maximum atomic E-state index is 11.7. The van der Waals surface area contributed by atoms with E-state index < -0.39 is 16.0 Å². The minimum absolute atomic E-state index is 0.0335. The normalized spacial score (nSPS) is 11.3. The molecule has 0 saturated carbocycles. The number of hydrogen-bond acceptors (Lipinski definition) is 6. The third-order valence-corrected chi connectivity index (χ3v) is 3.88. The van der Waals surface area contributed by atoms with Crippen molar-refractivity contribution >= 4 is 21.9 Å². The van der Waals surface area contributed by atoms with Crippen molar-refractivity contribution in [3.63, 3.8) is 0 Å². The average Bonchev–Trinajstić information content (AvgIpc) is 2.37. The van der Waals surface area contributed by atoms with Crippen LogP contribution in [0.4, 0.5) is 5.95 Å². The highest BCUT2D eigenvalue weighted by atomic mass is 32.2. The maximum Gasteiger partial charge on any atom is 0.303 e. The van der Waals surface area contributed by atoms with Crippen LogP contribution in [0.5, 0.6) is 0 Å². The molecule has 0 aliphatic rings. The summed E-state index contributed by atoms with van der Waals surface area (Å²) in [7, 11) is -3.65. The molecule has 112 valence electrons. The molecule has 9 heteroatoms. The third kappa shape index (κ3) is 5.08. The van der Waals surface area contributed by atoms with Crippen LogP contribution in [0.25, 0.3) is 0 Å². The number of carboxylic acid groups (broad SMARTS) is 1. The summed E-state index contributed by atoms with van der Waals surface area (Å²) in [5.74, 6) is -1.40. The van der Waals surface area contributed by atoms with Crippen molar-refractivity contribution in [3.8, 4) is 0 Å². The highest BCUT2D eigenvalue weighted by Gasteiger charge is 2.14. The second-order valence-corrected chi connectivity index (χ2v) is 6.00. The smallest absolute Gasteiger partial charge is 0.303 e. The average molecular weight is 302 g/mol. The van der Waals surface area contributed by atoms with Crippen LogP contribution in [0, 0.1) is 0 Å². The van der Waals surface area contributed by atoms with Gasteiger partial charge in [0.1, 0.15) is 0 Å². The van der Waals surface area contributed by atoms with Crippen molar-refractivity contribution in [1.82, 2.24) is 15.2 Å². The first-order valence-electron chi connectivity index (χ1n) is 6.32. The largest absolute Gasteiger partial charge is 0.481 e. The number of sulfonamides is 1. The number of nitrogens with one attached hydrogen (secondary N) is 1. The molecule has 0 amide bonds. The molecule has 20 heavy (non-hydrogen) atoms. The molecule has 0 spiro atoms. The van der Waals surface area contributed by atoms with Gasteiger partial charge in [-0.1, -0.05) is 13.8 Å². The van der Waals surface area contributed by atoms with E-state index in [4.69, 9.17) is 5.11 Å². The second kappa shape index (κ2) is 7.13. The van der Waals surface area contributed by atoms with Crippen LogP contribution in [-0.2, 0) is 27.7 Å². The number of aryl methyl sites for hydroxylation is 2. The first-order valence-corrected chi connectivity index (χ1v) is 7.98. The Labute approximate surface area is 117 Å². The molecule has 0 aliphatic heterocycles. The molecule has 0 aromatic carbocycles. The quantitative estimate of drug-likeness (QED) is 0.721. The van der Waals surface area contributed by atoms with Crippen molar-refractivity contribution in [1.29, 1.82) is 0 Å². The van der Waals surface area contributed by atoms with Gasteiger partial charge in [-0.25, -0.2) is 18.1 Å². The van der Waals surface area contributed by atoms with Gasteiger partial charge in [0.25, 0.3) is 5.95 Å². The zero-order valence-electron chi connectivity index (χ0n) is 11.5. The Kier molecular flexibility index (Phi) is 5.81. The maximum absolute atomic E-state index is 11.7. The van der Waals surface area contributed by atoms with Crippen LogP contribution in [0.3, 0.4) is 0 Å². The molecule has 0 aliphatic carbocycles. The highest BCUT2D eigenvalue weighted by molar-refractivity contribution is 7.92. The van der Waals surface area contributed by atoms with Crippen molar-refractivity contribution in [2.24, 2.45) is 0 Å². The van der Waals surface area contributed by atoms with Crippen molar-refractivity contribution < 1.29 is 18.3 Å². The zero-order valence-corrected chi connectivity index (χ0v) is 12.3. The van der Waals surface area contributed by atoms with Gasteiger partial charge in [0.05, 0.1) is 17.1 Å². The standard InChI is InChI=1S/C11H18N4O4S/c1-3-8-9(4-2)13-14-11(12-8)15-20(18,19)7-5-6-10(16)17/h3-7H2,1-2H3,(H,16,17)(H,12,14,15). The fourth-order valence-electron chi connectivity index (χ4n) is 1.58. The number of carboxylic acids is 1. The summed E-state index contributed by atoms with van der Waals surface area (Å²) in [6.45, 7) is 3.81. The Morgan fingerprint density at radius 2 is 1.85 bits per heavy atom. The minimum atomic E-state index is -3.65. The lowest BCUT2D eigenvalue weighted by Crippen LogP contribution is -2.20. The topological polar surface area (TPSA) is 122 Å². The number of nitrogens with zero attached hydrogens (tertiary/aromatic N) is 3. The van der Waals surface area contributed by atoms with Gasteiger partial charge >= 0.3 is 5.97 Å². The number of aliphatic carboxylic acids is 1. The summed E-state index contributed by atoms with van der Waals surface area (Å²) in [6.07, 6.45) is 1.14. The fourth-order valence-corrected chi connectivity index (χ4v) is 2.58. The molecule has 0 atom stereocenters. The van der Waals surface area contributed by atoms with Crippen LogP contribution in [-0.4, -0.2) is 40.4 Å². The lowest BCUT2D eigenvalue weighted by Gasteiger charge is -2.08. The summed E-state index contributed by atoms with van der Waals surface area (Å²) in [6, 6.07) is 0. The van der Waals surface area contributed by atoms with Gasteiger partial charge in [-0.05, 0) is 19.3 Å². The lowest BCUT2D eigenvalue weighted by atomic mass is 10.2. The number of rotatable bonds is 8. The summed E-state index contributed by atoms with van der Waals surface area (Å²) < 4.78 is 25.7. The van der Waals surface area contributed by atoms with E-state index in [0.717, 1.165) is 5.69 Å². The number of hydrogen-bond donors (Lipinski definition) is 2. The van der Waals surface area contributed by atoms with Gasteiger partial charge < -0.3 is 5.11 Å². The lowest BCUT2D eigenvalue weighted by molar-refractivity contribution is -0.137. The predicted molar refractivity (Wildman–Crippen MR) is 72.9 cm³/mol. The van der Waals surface area contributed by atoms with Crippen molar-refractivity contribution in [3.05, 3.63) is 11.4 Å². The van der Waals surface area contributed by atoms with E-state index >= 15 is 0 Å². The number of aromatic nitrogens is 3. The monoisotopic (exact) mass is 302 g/mol. The Hall–Kier alpha value is -1.77. The molecule has 2 N–H and O–H groups in total. The first kappa shape index (κ1) is 16.3. The third-order valence-electron chi connectivity index (χ3n) is 2.56. The van der Waals surface area contributed by atoms with Crippen LogP contribution in [0.2, 0.25) is 0 Å². The summed E-state index contributed by atoms with van der Waals surface area (Å²) in [5.41, 5.74) is 1.44. The SMILES string of the molecule is CCc1nnc(NS(=O)(=O)CCCC(=O)O)nc1CC. The molecule has 0 radical (unpaired) electrons. The highest BCUT2D eigenvalue weighted by Crippen LogP contribution is 2.08. The van der Waals surface area contributed by atoms with Crippen LogP contribution >= 0.6 is 0 Å².